The highest BCUT2D eigenvalue weighted by atomic mass is 35.5. The van der Waals surface area contributed by atoms with Gasteiger partial charge in [-0.1, -0.05) is 23.7 Å². The van der Waals surface area contributed by atoms with E-state index in [1.54, 1.807) is 12.1 Å². The van der Waals surface area contributed by atoms with E-state index in [1.807, 2.05) is 18.2 Å². The Morgan fingerprint density at radius 1 is 1.30 bits per heavy atom. The topological polar surface area (TPSA) is 54.0 Å². The molecule has 0 radical (unpaired) electrons. The first-order chi connectivity index (χ1) is 10.1. The number of pyridine rings is 1. The van der Waals surface area contributed by atoms with Crippen molar-refractivity contribution in [3.8, 4) is 0 Å². The van der Waals surface area contributed by atoms with Crippen LogP contribution in [0.4, 0.5) is 0 Å². The van der Waals surface area contributed by atoms with Gasteiger partial charge in [-0.3, -0.25) is 4.79 Å². The largest absolute Gasteiger partial charge is 0.348 e. The second-order valence-electron chi connectivity index (χ2n) is 5.58. The highest BCUT2D eigenvalue weighted by Crippen LogP contribution is 2.18. The molecule has 4 nitrogen and oxygen atoms in total. The van der Waals surface area contributed by atoms with E-state index in [2.05, 4.69) is 22.5 Å². The maximum Gasteiger partial charge on any atom is 0.270 e. The van der Waals surface area contributed by atoms with E-state index in [9.17, 15) is 4.79 Å². The highest BCUT2D eigenvalue weighted by molar-refractivity contribution is 6.31. The minimum absolute atomic E-state index is 0. The number of hydrogen-bond donors (Lipinski definition) is 2. The molecule has 1 aliphatic rings. The standard InChI is InChI=1S/C16H18ClN3O.2ClH/c1-10-8-13(6-7-18-10)19-16(21)14-5-3-11-2-4-12(17)9-15(11)20-14;;/h2-5,9-10,13,18H,6-8H2,1H3,(H,19,21);2*1H. The van der Waals surface area contributed by atoms with Crippen LogP contribution in [0, 0.1) is 0 Å². The summed E-state index contributed by atoms with van der Waals surface area (Å²) in [5.74, 6) is -0.115. The lowest BCUT2D eigenvalue weighted by Gasteiger charge is -2.28. The average molecular weight is 377 g/mol. The number of nitrogens with zero attached hydrogens (tertiary/aromatic N) is 1. The van der Waals surface area contributed by atoms with E-state index in [0.29, 0.717) is 16.8 Å². The van der Waals surface area contributed by atoms with Crippen LogP contribution < -0.4 is 10.6 Å². The molecule has 1 fully saturated rings. The number of carbonyl (C=O) groups excluding carboxylic acids is 1. The molecule has 0 bridgehead atoms. The zero-order valence-corrected chi connectivity index (χ0v) is 15.1. The van der Waals surface area contributed by atoms with Crippen LogP contribution in [0.25, 0.3) is 10.9 Å². The molecule has 1 saturated heterocycles. The van der Waals surface area contributed by atoms with Crippen molar-refractivity contribution in [3.63, 3.8) is 0 Å². The smallest absolute Gasteiger partial charge is 0.270 e. The molecule has 7 heteroatoms. The molecule has 0 aliphatic carbocycles. The van der Waals surface area contributed by atoms with Crippen molar-refractivity contribution in [2.24, 2.45) is 0 Å². The molecule has 2 unspecified atom stereocenters. The van der Waals surface area contributed by atoms with Gasteiger partial charge in [0.2, 0.25) is 0 Å². The lowest BCUT2D eigenvalue weighted by atomic mass is 10.0. The number of amides is 1. The van der Waals surface area contributed by atoms with Gasteiger partial charge in [0.1, 0.15) is 5.69 Å². The van der Waals surface area contributed by atoms with Gasteiger partial charge in [0.05, 0.1) is 5.52 Å². The van der Waals surface area contributed by atoms with Crippen LogP contribution in [-0.4, -0.2) is 29.5 Å². The van der Waals surface area contributed by atoms with Crippen molar-refractivity contribution in [2.75, 3.05) is 6.54 Å². The summed E-state index contributed by atoms with van der Waals surface area (Å²) in [6.45, 7) is 3.07. The Labute approximate surface area is 153 Å². The number of halogens is 3. The number of hydrogen-bond acceptors (Lipinski definition) is 3. The number of aromatic nitrogens is 1. The van der Waals surface area contributed by atoms with Crippen LogP contribution in [0.1, 0.15) is 30.3 Å². The van der Waals surface area contributed by atoms with Gasteiger partial charge in [-0.2, -0.15) is 0 Å². The monoisotopic (exact) mass is 375 g/mol. The van der Waals surface area contributed by atoms with E-state index >= 15 is 0 Å². The highest BCUT2D eigenvalue weighted by Gasteiger charge is 2.21. The molecule has 2 heterocycles. The summed E-state index contributed by atoms with van der Waals surface area (Å²) in [5.41, 5.74) is 1.18. The Balaban J connectivity index is 0.00000132. The molecule has 1 amide bonds. The van der Waals surface area contributed by atoms with Crippen LogP contribution in [0.2, 0.25) is 5.02 Å². The number of piperidine rings is 1. The number of carbonyl (C=O) groups is 1. The van der Waals surface area contributed by atoms with E-state index in [-0.39, 0.29) is 36.8 Å². The van der Waals surface area contributed by atoms with Gasteiger partial charge < -0.3 is 10.6 Å². The van der Waals surface area contributed by atoms with Crippen molar-refractivity contribution >= 4 is 53.2 Å². The fourth-order valence-corrected chi connectivity index (χ4v) is 2.91. The molecule has 0 saturated carbocycles. The van der Waals surface area contributed by atoms with Crippen LogP contribution in [0.5, 0.6) is 0 Å². The molecule has 2 aromatic rings. The van der Waals surface area contributed by atoms with E-state index in [1.165, 1.54) is 0 Å². The number of rotatable bonds is 2. The third-order valence-electron chi connectivity index (χ3n) is 3.85. The SMILES string of the molecule is CC1CC(NC(=O)c2ccc3ccc(Cl)cc3n2)CCN1.Cl.Cl. The first-order valence-corrected chi connectivity index (χ1v) is 7.60. The van der Waals surface area contributed by atoms with Crippen molar-refractivity contribution in [3.05, 3.63) is 41.0 Å². The van der Waals surface area contributed by atoms with Crippen molar-refractivity contribution in [1.82, 2.24) is 15.6 Å². The van der Waals surface area contributed by atoms with Crippen LogP contribution in [0.15, 0.2) is 30.3 Å². The Morgan fingerprint density at radius 2 is 2.04 bits per heavy atom. The van der Waals surface area contributed by atoms with Gasteiger partial charge >= 0.3 is 0 Å². The normalized spacial score (nSPS) is 20.3. The predicted octanol–water partition coefficient (Wildman–Crippen LogP) is 3.60. The Morgan fingerprint density at radius 3 is 2.78 bits per heavy atom. The second kappa shape index (κ2) is 8.69. The maximum absolute atomic E-state index is 12.3. The quantitative estimate of drug-likeness (QED) is 0.842. The van der Waals surface area contributed by atoms with Crippen LogP contribution in [-0.2, 0) is 0 Å². The molecule has 23 heavy (non-hydrogen) atoms. The fraction of sp³-hybridized carbons (Fsp3) is 0.375. The summed E-state index contributed by atoms with van der Waals surface area (Å²) in [4.78, 5) is 16.7. The molecule has 1 aromatic heterocycles. The van der Waals surface area contributed by atoms with E-state index in [4.69, 9.17) is 11.6 Å². The van der Waals surface area contributed by atoms with Gasteiger partial charge in [0.15, 0.2) is 0 Å². The maximum atomic E-state index is 12.3. The van der Waals surface area contributed by atoms with Crippen molar-refractivity contribution in [2.45, 2.75) is 31.8 Å². The summed E-state index contributed by atoms with van der Waals surface area (Å²) in [7, 11) is 0. The minimum atomic E-state index is -0.115. The molecule has 0 spiro atoms. The Bertz CT molecular complexity index is 681. The second-order valence-corrected chi connectivity index (χ2v) is 6.02. The number of benzene rings is 1. The first kappa shape index (κ1) is 20.0. The number of fused-ring (bicyclic) bond motifs is 1. The Kier molecular flexibility index (Phi) is 7.55. The fourth-order valence-electron chi connectivity index (χ4n) is 2.74. The van der Waals surface area contributed by atoms with Crippen LogP contribution >= 0.6 is 36.4 Å². The average Bonchev–Trinajstić information content (AvgIpc) is 2.46. The Hall–Kier alpha value is -1.07. The molecule has 126 valence electrons. The summed E-state index contributed by atoms with van der Waals surface area (Å²) >= 11 is 5.97. The van der Waals surface area contributed by atoms with Gasteiger partial charge in [0.25, 0.3) is 5.91 Å². The van der Waals surface area contributed by atoms with Gasteiger partial charge in [0, 0.05) is 22.5 Å². The molecular weight excluding hydrogens is 357 g/mol. The molecule has 1 aliphatic heterocycles. The summed E-state index contributed by atoms with van der Waals surface area (Å²) in [6.07, 6.45) is 1.90. The van der Waals surface area contributed by atoms with E-state index in [0.717, 1.165) is 30.3 Å². The van der Waals surface area contributed by atoms with Gasteiger partial charge in [-0.05, 0) is 44.5 Å². The minimum Gasteiger partial charge on any atom is -0.348 e. The lowest BCUT2D eigenvalue weighted by Crippen LogP contribution is -2.46. The molecule has 3 rings (SSSR count). The third-order valence-corrected chi connectivity index (χ3v) is 4.08. The van der Waals surface area contributed by atoms with Crippen molar-refractivity contribution < 1.29 is 4.79 Å². The zero-order valence-electron chi connectivity index (χ0n) is 12.7. The summed E-state index contributed by atoms with van der Waals surface area (Å²) in [5, 5.41) is 8.05. The predicted molar refractivity (Wildman–Crippen MR) is 99.2 cm³/mol. The summed E-state index contributed by atoms with van der Waals surface area (Å²) in [6, 6.07) is 9.82. The van der Waals surface area contributed by atoms with Crippen LogP contribution in [0.3, 0.4) is 0 Å². The summed E-state index contributed by atoms with van der Waals surface area (Å²) < 4.78 is 0. The molecule has 2 N–H and O–H groups in total. The zero-order chi connectivity index (χ0) is 14.8. The molecular formula is C16H20Cl3N3O. The lowest BCUT2D eigenvalue weighted by molar-refractivity contribution is 0.0921. The third kappa shape index (κ3) is 4.95. The van der Waals surface area contributed by atoms with Crippen molar-refractivity contribution in [1.29, 1.82) is 0 Å². The van der Waals surface area contributed by atoms with E-state index < -0.39 is 0 Å². The first-order valence-electron chi connectivity index (χ1n) is 7.22. The number of nitrogens with one attached hydrogen (secondary N) is 2. The molecule has 1 aromatic carbocycles. The molecule has 2 atom stereocenters. The van der Waals surface area contributed by atoms with Gasteiger partial charge in [-0.15, -0.1) is 24.8 Å². The van der Waals surface area contributed by atoms with Gasteiger partial charge in [-0.25, -0.2) is 4.98 Å².